The molecule has 94 valence electrons. The molecule has 0 aliphatic heterocycles. The molecule has 1 unspecified atom stereocenters. The Kier molecular flexibility index (Phi) is 4.33. The van der Waals surface area contributed by atoms with Crippen molar-refractivity contribution in [3.63, 3.8) is 0 Å². The minimum Gasteiger partial charge on any atom is -0.481 e. The second-order valence-corrected chi connectivity index (χ2v) is 5.39. The summed E-state index contributed by atoms with van der Waals surface area (Å²) in [4.78, 5) is 10.8. The molecule has 1 aromatic carbocycles. The fourth-order valence-electron chi connectivity index (χ4n) is 1.98. The zero-order valence-corrected chi connectivity index (χ0v) is 11.2. The summed E-state index contributed by atoms with van der Waals surface area (Å²) in [6.45, 7) is 8.32. The van der Waals surface area contributed by atoms with Crippen LogP contribution in [0, 0.1) is 0 Å². The minimum absolute atomic E-state index is 0.162. The van der Waals surface area contributed by atoms with Gasteiger partial charge in [0.2, 0.25) is 0 Å². The summed E-state index contributed by atoms with van der Waals surface area (Å²) in [5.74, 6) is -0.187. The van der Waals surface area contributed by atoms with Gasteiger partial charge in [-0.15, -0.1) is 0 Å². The predicted molar refractivity (Wildman–Crippen MR) is 70.4 cm³/mol. The van der Waals surface area contributed by atoms with Gasteiger partial charge in [-0.1, -0.05) is 52.0 Å². The van der Waals surface area contributed by atoms with E-state index in [-0.39, 0.29) is 11.8 Å². The maximum atomic E-state index is 10.8. The van der Waals surface area contributed by atoms with Crippen LogP contribution in [0.4, 0.5) is 0 Å². The Morgan fingerprint density at radius 1 is 1.29 bits per heavy atom. The number of rotatable bonds is 5. The Morgan fingerprint density at radius 3 is 2.24 bits per heavy atom. The van der Waals surface area contributed by atoms with Crippen LogP contribution in [0.1, 0.15) is 57.6 Å². The third-order valence-corrected chi connectivity index (χ3v) is 3.47. The Hall–Kier alpha value is -1.31. The van der Waals surface area contributed by atoms with Gasteiger partial charge in [-0.05, 0) is 23.5 Å². The number of benzene rings is 1. The lowest BCUT2D eigenvalue weighted by atomic mass is 9.81. The molecule has 0 heterocycles. The zero-order chi connectivity index (χ0) is 13.1. The van der Waals surface area contributed by atoms with Crippen LogP contribution in [0.3, 0.4) is 0 Å². The van der Waals surface area contributed by atoms with E-state index >= 15 is 0 Å². The van der Waals surface area contributed by atoms with Crippen molar-refractivity contribution < 1.29 is 9.90 Å². The maximum Gasteiger partial charge on any atom is 0.304 e. The van der Waals surface area contributed by atoms with Gasteiger partial charge in [0.25, 0.3) is 0 Å². The third kappa shape index (κ3) is 3.58. The van der Waals surface area contributed by atoms with E-state index in [2.05, 4.69) is 38.1 Å². The van der Waals surface area contributed by atoms with Crippen molar-refractivity contribution in [2.24, 2.45) is 0 Å². The van der Waals surface area contributed by atoms with Crippen LogP contribution >= 0.6 is 0 Å². The van der Waals surface area contributed by atoms with E-state index in [9.17, 15) is 4.79 Å². The molecule has 0 spiro atoms. The molecule has 0 aromatic heterocycles. The van der Waals surface area contributed by atoms with Gasteiger partial charge in [-0.25, -0.2) is 0 Å². The van der Waals surface area contributed by atoms with E-state index in [4.69, 9.17) is 5.11 Å². The molecular weight excluding hydrogens is 212 g/mol. The molecule has 1 rings (SSSR count). The Labute approximate surface area is 104 Å². The SMILES string of the molecule is CCC(C)c1ccc(C(C)(C)CC(=O)O)cc1. The molecule has 0 saturated carbocycles. The van der Waals surface area contributed by atoms with E-state index in [1.54, 1.807) is 0 Å². The maximum absolute atomic E-state index is 10.8. The van der Waals surface area contributed by atoms with Gasteiger partial charge < -0.3 is 5.11 Å². The molecule has 17 heavy (non-hydrogen) atoms. The second-order valence-electron chi connectivity index (χ2n) is 5.39. The van der Waals surface area contributed by atoms with Gasteiger partial charge >= 0.3 is 5.97 Å². The highest BCUT2D eigenvalue weighted by Gasteiger charge is 2.23. The first-order valence-corrected chi connectivity index (χ1v) is 6.19. The summed E-state index contributed by atoms with van der Waals surface area (Å²) in [6.07, 6.45) is 1.29. The standard InChI is InChI=1S/C15H22O2/c1-5-11(2)12-6-8-13(9-7-12)15(3,4)10-14(16)17/h6-9,11H,5,10H2,1-4H3,(H,16,17). The number of carbonyl (C=O) groups is 1. The second kappa shape index (κ2) is 5.35. The molecule has 2 heteroatoms. The van der Waals surface area contributed by atoms with E-state index in [0.717, 1.165) is 12.0 Å². The molecular formula is C15H22O2. The summed E-state index contributed by atoms with van der Waals surface area (Å²) >= 11 is 0. The largest absolute Gasteiger partial charge is 0.481 e. The average Bonchev–Trinajstić information content (AvgIpc) is 2.26. The van der Waals surface area contributed by atoms with Crippen molar-refractivity contribution >= 4 is 5.97 Å². The molecule has 0 aliphatic carbocycles. The van der Waals surface area contributed by atoms with Gasteiger partial charge in [0.1, 0.15) is 0 Å². The van der Waals surface area contributed by atoms with Gasteiger partial charge in [0, 0.05) is 5.41 Å². The number of aliphatic carboxylic acids is 1. The lowest BCUT2D eigenvalue weighted by molar-refractivity contribution is -0.138. The first kappa shape index (κ1) is 13.8. The van der Waals surface area contributed by atoms with E-state index in [1.165, 1.54) is 5.56 Å². The van der Waals surface area contributed by atoms with Crippen molar-refractivity contribution in [2.45, 2.75) is 51.9 Å². The number of carboxylic acids is 1. The lowest BCUT2D eigenvalue weighted by Crippen LogP contribution is -2.21. The van der Waals surface area contributed by atoms with Crippen molar-refractivity contribution in [3.05, 3.63) is 35.4 Å². The van der Waals surface area contributed by atoms with E-state index in [1.807, 2.05) is 13.8 Å². The first-order valence-electron chi connectivity index (χ1n) is 6.19. The highest BCUT2D eigenvalue weighted by molar-refractivity contribution is 5.68. The molecule has 0 fully saturated rings. The number of carboxylic acid groups (broad SMARTS) is 1. The van der Waals surface area contributed by atoms with Crippen LogP contribution in [0.15, 0.2) is 24.3 Å². The fourth-order valence-corrected chi connectivity index (χ4v) is 1.98. The normalized spacial score (nSPS) is 13.4. The topological polar surface area (TPSA) is 37.3 Å². The smallest absolute Gasteiger partial charge is 0.304 e. The van der Waals surface area contributed by atoms with E-state index in [0.29, 0.717) is 5.92 Å². The summed E-state index contributed by atoms with van der Waals surface area (Å²) in [5.41, 5.74) is 2.11. The van der Waals surface area contributed by atoms with Crippen molar-refractivity contribution in [1.82, 2.24) is 0 Å². The highest BCUT2D eigenvalue weighted by atomic mass is 16.4. The van der Waals surface area contributed by atoms with Gasteiger partial charge in [-0.2, -0.15) is 0 Å². The molecule has 1 N–H and O–H groups in total. The molecule has 0 aliphatic rings. The number of hydrogen-bond donors (Lipinski definition) is 1. The van der Waals surface area contributed by atoms with Crippen molar-refractivity contribution in [1.29, 1.82) is 0 Å². The lowest BCUT2D eigenvalue weighted by Gasteiger charge is -2.23. The van der Waals surface area contributed by atoms with Crippen LogP contribution in [-0.4, -0.2) is 11.1 Å². The molecule has 1 atom stereocenters. The van der Waals surface area contributed by atoms with Gasteiger partial charge in [-0.3, -0.25) is 4.79 Å². The van der Waals surface area contributed by atoms with Gasteiger partial charge in [0.15, 0.2) is 0 Å². The van der Waals surface area contributed by atoms with Crippen LogP contribution < -0.4 is 0 Å². The number of hydrogen-bond acceptors (Lipinski definition) is 1. The highest BCUT2D eigenvalue weighted by Crippen LogP contribution is 2.28. The van der Waals surface area contributed by atoms with Crippen LogP contribution in [-0.2, 0) is 10.2 Å². The quantitative estimate of drug-likeness (QED) is 0.837. The first-order chi connectivity index (χ1) is 7.86. The van der Waals surface area contributed by atoms with Crippen LogP contribution in [0.25, 0.3) is 0 Å². The average molecular weight is 234 g/mol. The summed E-state index contributed by atoms with van der Waals surface area (Å²) in [5, 5.41) is 8.89. The monoisotopic (exact) mass is 234 g/mol. The zero-order valence-electron chi connectivity index (χ0n) is 11.2. The third-order valence-electron chi connectivity index (χ3n) is 3.47. The molecule has 0 saturated heterocycles. The van der Waals surface area contributed by atoms with E-state index < -0.39 is 5.97 Å². The Bertz CT molecular complexity index is 376. The van der Waals surface area contributed by atoms with Gasteiger partial charge in [0.05, 0.1) is 6.42 Å². The molecule has 0 bridgehead atoms. The minimum atomic E-state index is -0.749. The molecule has 0 amide bonds. The van der Waals surface area contributed by atoms with Crippen LogP contribution in [0.5, 0.6) is 0 Å². The molecule has 2 nitrogen and oxygen atoms in total. The summed E-state index contributed by atoms with van der Waals surface area (Å²) < 4.78 is 0. The summed E-state index contributed by atoms with van der Waals surface area (Å²) in [6, 6.07) is 8.36. The summed E-state index contributed by atoms with van der Waals surface area (Å²) in [7, 11) is 0. The van der Waals surface area contributed by atoms with Crippen molar-refractivity contribution in [2.75, 3.05) is 0 Å². The van der Waals surface area contributed by atoms with Crippen LogP contribution in [0.2, 0.25) is 0 Å². The Balaban J connectivity index is 2.90. The van der Waals surface area contributed by atoms with Crippen molar-refractivity contribution in [3.8, 4) is 0 Å². The Morgan fingerprint density at radius 2 is 1.82 bits per heavy atom. The molecule has 0 radical (unpaired) electrons. The predicted octanol–water partition coefficient (Wildman–Crippen LogP) is 3.95. The fraction of sp³-hybridized carbons (Fsp3) is 0.533. The molecule has 1 aromatic rings.